The average molecular weight is 282 g/mol. The Hall–Kier alpha value is -2.30. The first-order valence-electron chi connectivity index (χ1n) is 7.06. The second-order valence-corrected chi connectivity index (χ2v) is 5.08. The zero-order valence-corrected chi connectivity index (χ0v) is 12.1. The van der Waals surface area contributed by atoms with Crippen molar-refractivity contribution in [3.05, 3.63) is 34.9 Å². The second-order valence-electron chi connectivity index (χ2n) is 5.08. The van der Waals surface area contributed by atoms with E-state index in [1.807, 2.05) is 13.0 Å². The summed E-state index contributed by atoms with van der Waals surface area (Å²) < 4.78 is 0. The molecule has 2 rings (SSSR count). The van der Waals surface area contributed by atoms with Crippen molar-refractivity contribution in [1.82, 2.24) is 4.90 Å². The van der Waals surface area contributed by atoms with Crippen LogP contribution in [0.2, 0.25) is 0 Å². The Morgan fingerprint density at radius 3 is 2.86 bits per heavy atom. The average Bonchev–Trinajstić information content (AvgIpc) is 3.31. The van der Waals surface area contributed by atoms with Crippen LogP contribution in [0.15, 0.2) is 18.2 Å². The zero-order valence-electron chi connectivity index (χ0n) is 12.1. The Kier molecular flexibility index (Phi) is 4.98. The van der Waals surface area contributed by atoms with Crippen LogP contribution in [0.1, 0.15) is 40.7 Å². The van der Waals surface area contributed by atoms with Gasteiger partial charge in [-0.05, 0) is 37.5 Å². The standard InChI is InChI=1S/C17H18N2O2/c1-13-14(6-3-12-20)5-2-7-16(13)17(21)19(11-4-10-18)15-8-9-15/h2,5,7,15,20H,4,8-9,11-12H2,1H3. The lowest BCUT2D eigenvalue weighted by atomic mass is 10.0. The maximum absolute atomic E-state index is 12.7. The Morgan fingerprint density at radius 1 is 1.48 bits per heavy atom. The van der Waals surface area contributed by atoms with Crippen LogP contribution in [-0.2, 0) is 0 Å². The van der Waals surface area contributed by atoms with Gasteiger partial charge in [0.15, 0.2) is 0 Å². The van der Waals surface area contributed by atoms with Crippen molar-refractivity contribution in [3.63, 3.8) is 0 Å². The monoisotopic (exact) mass is 282 g/mol. The minimum absolute atomic E-state index is 0.0297. The van der Waals surface area contributed by atoms with E-state index in [1.54, 1.807) is 17.0 Å². The van der Waals surface area contributed by atoms with E-state index < -0.39 is 0 Å². The summed E-state index contributed by atoms with van der Waals surface area (Å²) >= 11 is 0. The molecule has 0 aliphatic heterocycles. The van der Waals surface area contributed by atoms with Crippen LogP contribution in [0.5, 0.6) is 0 Å². The van der Waals surface area contributed by atoms with Crippen LogP contribution in [0.3, 0.4) is 0 Å². The number of aliphatic hydroxyl groups excluding tert-OH is 1. The van der Waals surface area contributed by atoms with Gasteiger partial charge in [-0.2, -0.15) is 5.26 Å². The molecule has 0 bridgehead atoms. The fourth-order valence-corrected chi connectivity index (χ4v) is 2.30. The topological polar surface area (TPSA) is 64.3 Å². The second kappa shape index (κ2) is 6.92. The van der Waals surface area contributed by atoms with Gasteiger partial charge in [0.25, 0.3) is 5.91 Å². The van der Waals surface area contributed by atoms with Gasteiger partial charge in [0.2, 0.25) is 0 Å². The van der Waals surface area contributed by atoms with Gasteiger partial charge in [-0.1, -0.05) is 17.9 Å². The smallest absolute Gasteiger partial charge is 0.254 e. The van der Waals surface area contributed by atoms with E-state index in [1.165, 1.54) is 0 Å². The van der Waals surface area contributed by atoms with E-state index in [-0.39, 0.29) is 18.6 Å². The van der Waals surface area contributed by atoms with Gasteiger partial charge in [-0.3, -0.25) is 4.79 Å². The number of nitrogens with zero attached hydrogens (tertiary/aromatic N) is 2. The molecular formula is C17H18N2O2. The largest absolute Gasteiger partial charge is 0.384 e. The molecule has 1 saturated carbocycles. The summed E-state index contributed by atoms with van der Waals surface area (Å²) in [6.45, 7) is 2.14. The molecule has 1 N–H and O–H groups in total. The first-order valence-corrected chi connectivity index (χ1v) is 7.06. The number of nitriles is 1. The Balaban J connectivity index is 2.27. The van der Waals surface area contributed by atoms with Crippen molar-refractivity contribution in [2.24, 2.45) is 0 Å². The quantitative estimate of drug-likeness (QED) is 0.857. The third kappa shape index (κ3) is 3.62. The summed E-state index contributed by atoms with van der Waals surface area (Å²) in [7, 11) is 0. The maximum Gasteiger partial charge on any atom is 0.254 e. The summed E-state index contributed by atoms with van der Waals surface area (Å²) in [6.07, 6.45) is 2.38. The zero-order chi connectivity index (χ0) is 15.2. The fraction of sp³-hybridized carbons (Fsp3) is 0.412. The molecule has 1 fully saturated rings. The van der Waals surface area contributed by atoms with Gasteiger partial charge in [0.1, 0.15) is 6.61 Å². The normalized spacial score (nSPS) is 13.0. The molecule has 1 amide bonds. The van der Waals surface area contributed by atoms with E-state index in [9.17, 15) is 4.79 Å². The lowest BCUT2D eigenvalue weighted by Gasteiger charge is -2.22. The maximum atomic E-state index is 12.7. The third-order valence-electron chi connectivity index (χ3n) is 3.58. The molecule has 0 atom stereocenters. The van der Waals surface area contributed by atoms with E-state index in [0.717, 1.165) is 24.0 Å². The van der Waals surface area contributed by atoms with Crippen LogP contribution in [0.25, 0.3) is 0 Å². The molecule has 4 nitrogen and oxygen atoms in total. The molecule has 0 saturated heterocycles. The number of hydrogen-bond acceptors (Lipinski definition) is 3. The molecule has 1 aliphatic carbocycles. The van der Waals surface area contributed by atoms with Gasteiger partial charge in [-0.25, -0.2) is 0 Å². The number of hydrogen-bond donors (Lipinski definition) is 1. The van der Waals surface area contributed by atoms with E-state index >= 15 is 0 Å². The molecular weight excluding hydrogens is 264 g/mol. The van der Waals surface area contributed by atoms with Gasteiger partial charge >= 0.3 is 0 Å². The van der Waals surface area contributed by atoms with Gasteiger partial charge in [-0.15, -0.1) is 0 Å². The predicted octanol–water partition coefficient (Wildman–Crippen LogP) is 1.86. The number of rotatable bonds is 4. The third-order valence-corrected chi connectivity index (χ3v) is 3.58. The highest BCUT2D eigenvalue weighted by molar-refractivity contribution is 5.96. The number of benzene rings is 1. The van der Waals surface area contributed by atoms with Crippen LogP contribution in [0, 0.1) is 30.1 Å². The molecule has 4 heteroatoms. The molecule has 0 radical (unpaired) electrons. The van der Waals surface area contributed by atoms with Crippen LogP contribution >= 0.6 is 0 Å². The van der Waals surface area contributed by atoms with Crippen molar-refractivity contribution in [2.45, 2.75) is 32.2 Å². The lowest BCUT2D eigenvalue weighted by molar-refractivity contribution is 0.0746. The fourth-order valence-electron chi connectivity index (χ4n) is 2.30. The van der Waals surface area contributed by atoms with Gasteiger partial charge in [0, 0.05) is 23.7 Å². The van der Waals surface area contributed by atoms with E-state index in [2.05, 4.69) is 17.9 Å². The minimum Gasteiger partial charge on any atom is -0.384 e. The molecule has 1 aromatic rings. The molecule has 0 heterocycles. The molecule has 1 aliphatic rings. The van der Waals surface area contributed by atoms with E-state index in [0.29, 0.717) is 18.5 Å². The van der Waals surface area contributed by atoms with Crippen molar-refractivity contribution in [1.29, 1.82) is 5.26 Å². The van der Waals surface area contributed by atoms with Crippen LogP contribution in [0.4, 0.5) is 0 Å². The predicted molar refractivity (Wildman–Crippen MR) is 79.4 cm³/mol. The Morgan fingerprint density at radius 2 is 2.24 bits per heavy atom. The number of carbonyl (C=O) groups excluding carboxylic acids is 1. The van der Waals surface area contributed by atoms with Crippen molar-refractivity contribution in [2.75, 3.05) is 13.2 Å². The highest BCUT2D eigenvalue weighted by atomic mass is 16.2. The van der Waals surface area contributed by atoms with Crippen LogP contribution < -0.4 is 0 Å². The first-order chi connectivity index (χ1) is 10.2. The minimum atomic E-state index is -0.200. The molecule has 0 aromatic heterocycles. The van der Waals surface area contributed by atoms with Crippen molar-refractivity contribution in [3.8, 4) is 17.9 Å². The van der Waals surface area contributed by atoms with Crippen molar-refractivity contribution < 1.29 is 9.90 Å². The van der Waals surface area contributed by atoms with Crippen molar-refractivity contribution >= 4 is 5.91 Å². The molecule has 21 heavy (non-hydrogen) atoms. The number of amides is 1. The molecule has 108 valence electrons. The highest BCUT2D eigenvalue weighted by Crippen LogP contribution is 2.29. The molecule has 0 spiro atoms. The summed E-state index contributed by atoms with van der Waals surface area (Å²) in [5.41, 5.74) is 2.21. The lowest BCUT2D eigenvalue weighted by Crippen LogP contribution is -2.34. The van der Waals surface area contributed by atoms with E-state index in [4.69, 9.17) is 10.4 Å². The number of aliphatic hydroxyl groups is 1. The summed E-state index contributed by atoms with van der Waals surface area (Å²) in [4.78, 5) is 14.5. The molecule has 0 unspecified atom stereocenters. The molecule has 1 aromatic carbocycles. The highest BCUT2D eigenvalue weighted by Gasteiger charge is 2.33. The summed E-state index contributed by atoms with van der Waals surface area (Å²) in [5.74, 6) is 5.44. The van der Waals surface area contributed by atoms with Gasteiger partial charge in [0.05, 0.1) is 12.5 Å². The number of carbonyl (C=O) groups is 1. The van der Waals surface area contributed by atoms with Gasteiger partial charge < -0.3 is 10.0 Å². The Labute approximate surface area is 125 Å². The SMILES string of the molecule is Cc1c(C#CCO)cccc1C(=O)N(CCC#N)C1CC1. The van der Waals surface area contributed by atoms with Crippen LogP contribution in [-0.4, -0.2) is 35.1 Å². The summed E-state index contributed by atoms with van der Waals surface area (Å²) in [5, 5.41) is 17.5. The summed E-state index contributed by atoms with van der Waals surface area (Å²) in [6, 6.07) is 7.81. The first kappa shape index (κ1) is 15.1. The Bertz CT molecular complexity index is 630.